The van der Waals surface area contributed by atoms with E-state index in [0.29, 0.717) is 22.4 Å². The molecule has 4 rings (SSSR count). The highest BCUT2D eigenvalue weighted by Crippen LogP contribution is 2.23. The fourth-order valence-corrected chi connectivity index (χ4v) is 2.63. The van der Waals surface area contributed by atoms with E-state index in [1.54, 1.807) is 30.3 Å². The van der Waals surface area contributed by atoms with Crippen molar-refractivity contribution in [3.05, 3.63) is 60.1 Å². The molecule has 0 saturated carbocycles. The van der Waals surface area contributed by atoms with Gasteiger partial charge < -0.3 is 14.8 Å². The molecule has 1 fully saturated rings. The molecule has 8 nitrogen and oxygen atoms in total. The lowest BCUT2D eigenvalue weighted by atomic mass is 10.2. The van der Waals surface area contributed by atoms with Gasteiger partial charge in [-0.2, -0.15) is 4.80 Å². The third kappa shape index (κ3) is 3.41. The van der Waals surface area contributed by atoms with Crippen molar-refractivity contribution in [2.75, 3.05) is 5.32 Å². The Bertz CT molecular complexity index is 1100. The van der Waals surface area contributed by atoms with Crippen LogP contribution in [0.15, 0.2) is 54.2 Å². The molecule has 0 spiro atoms. The maximum atomic E-state index is 13.1. The summed E-state index contributed by atoms with van der Waals surface area (Å²) >= 11 is 0. The van der Waals surface area contributed by atoms with E-state index in [-0.39, 0.29) is 11.4 Å². The zero-order chi connectivity index (χ0) is 19.9. The number of carbonyl (C=O) groups is 2. The molecule has 1 N–H and O–H groups in total. The number of rotatable bonds is 3. The molecule has 0 amide bonds. The number of carbonyl (C=O) groups excluding carboxylic acids is 2. The SMILES string of the molecule is CC1(C)OC(=O)C(=CNc2ccc3nn(-c4ccc(F)cc4)nc3c2)C(=O)O1. The Kier molecular flexibility index (Phi) is 4.07. The Hall–Kier alpha value is -3.75. The van der Waals surface area contributed by atoms with Gasteiger partial charge >= 0.3 is 11.9 Å². The molecule has 9 heteroatoms. The molecule has 1 saturated heterocycles. The van der Waals surface area contributed by atoms with Crippen LogP contribution >= 0.6 is 0 Å². The summed E-state index contributed by atoms with van der Waals surface area (Å²) in [6, 6.07) is 10.9. The minimum Gasteiger partial charge on any atom is -0.419 e. The van der Waals surface area contributed by atoms with Crippen molar-refractivity contribution in [2.45, 2.75) is 19.6 Å². The van der Waals surface area contributed by atoms with Crippen LogP contribution in [0.1, 0.15) is 13.8 Å². The van der Waals surface area contributed by atoms with Crippen LogP contribution in [0.25, 0.3) is 16.7 Å². The normalized spacial score (nSPS) is 15.9. The van der Waals surface area contributed by atoms with Crippen molar-refractivity contribution in [1.82, 2.24) is 15.0 Å². The Morgan fingerprint density at radius 1 is 1.00 bits per heavy atom. The lowest BCUT2D eigenvalue weighted by molar-refractivity contribution is -0.222. The van der Waals surface area contributed by atoms with Gasteiger partial charge in [-0.1, -0.05) is 0 Å². The van der Waals surface area contributed by atoms with Crippen LogP contribution in [0.5, 0.6) is 0 Å². The van der Waals surface area contributed by atoms with E-state index in [2.05, 4.69) is 15.5 Å². The van der Waals surface area contributed by atoms with Gasteiger partial charge in [-0.3, -0.25) is 0 Å². The predicted molar refractivity (Wildman–Crippen MR) is 96.8 cm³/mol. The number of nitrogens with one attached hydrogen (secondary N) is 1. The van der Waals surface area contributed by atoms with Gasteiger partial charge in [0.2, 0.25) is 0 Å². The third-order valence-electron chi connectivity index (χ3n) is 3.94. The monoisotopic (exact) mass is 382 g/mol. The number of ether oxygens (including phenoxy) is 2. The molecule has 0 unspecified atom stereocenters. The van der Waals surface area contributed by atoms with Crippen molar-refractivity contribution in [3.63, 3.8) is 0 Å². The lowest BCUT2D eigenvalue weighted by Gasteiger charge is -2.29. The molecule has 0 aliphatic carbocycles. The Labute approximate surface area is 158 Å². The standard InChI is InChI=1S/C19H15FN4O4/c1-19(2)27-17(25)14(18(26)28-19)10-21-12-5-8-15-16(9-12)23-24(22-15)13-6-3-11(20)4-7-13/h3-10,21H,1-2H3. The highest BCUT2D eigenvalue weighted by Gasteiger charge is 2.38. The number of hydrogen-bond donors (Lipinski definition) is 1. The first-order valence-corrected chi connectivity index (χ1v) is 8.37. The molecule has 142 valence electrons. The maximum absolute atomic E-state index is 13.1. The number of nitrogens with zero attached hydrogens (tertiary/aromatic N) is 3. The quantitative estimate of drug-likeness (QED) is 0.423. The summed E-state index contributed by atoms with van der Waals surface area (Å²) in [5, 5.41) is 11.6. The number of esters is 2. The molecular weight excluding hydrogens is 367 g/mol. The van der Waals surface area contributed by atoms with Gasteiger partial charge in [0.15, 0.2) is 5.57 Å². The summed E-state index contributed by atoms with van der Waals surface area (Å²) < 4.78 is 23.1. The zero-order valence-corrected chi connectivity index (χ0v) is 15.0. The van der Waals surface area contributed by atoms with Crippen LogP contribution in [0.4, 0.5) is 10.1 Å². The average Bonchev–Trinajstić information content (AvgIpc) is 3.04. The molecule has 1 aromatic heterocycles. The summed E-state index contributed by atoms with van der Waals surface area (Å²) in [5.74, 6) is -3.17. The molecule has 1 aliphatic heterocycles. The second-order valence-corrected chi connectivity index (χ2v) is 6.55. The fourth-order valence-electron chi connectivity index (χ4n) is 2.63. The molecule has 0 radical (unpaired) electrons. The first-order valence-electron chi connectivity index (χ1n) is 8.37. The molecular formula is C19H15FN4O4. The van der Waals surface area contributed by atoms with E-state index in [4.69, 9.17) is 9.47 Å². The van der Waals surface area contributed by atoms with E-state index in [9.17, 15) is 14.0 Å². The third-order valence-corrected chi connectivity index (χ3v) is 3.94. The largest absolute Gasteiger partial charge is 0.419 e. The number of aromatic nitrogens is 3. The number of halogens is 1. The summed E-state index contributed by atoms with van der Waals surface area (Å²) in [6.07, 6.45) is 1.23. The van der Waals surface area contributed by atoms with Gasteiger partial charge in [0.25, 0.3) is 5.79 Å². The molecule has 2 heterocycles. The number of fused-ring (bicyclic) bond motifs is 1. The van der Waals surface area contributed by atoms with Crippen molar-refractivity contribution in [2.24, 2.45) is 0 Å². The van der Waals surface area contributed by atoms with Crippen LogP contribution in [0.2, 0.25) is 0 Å². The summed E-state index contributed by atoms with van der Waals surface area (Å²) in [7, 11) is 0. The molecule has 0 bridgehead atoms. The van der Waals surface area contributed by atoms with Crippen LogP contribution in [-0.4, -0.2) is 32.7 Å². The van der Waals surface area contributed by atoms with Gasteiger partial charge in [-0.05, 0) is 42.5 Å². The number of benzene rings is 2. The van der Waals surface area contributed by atoms with Gasteiger partial charge in [0.1, 0.15) is 16.9 Å². The highest BCUT2D eigenvalue weighted by molar-refractivity contribution is 6.15. The van der Waals surface area contributed by atoms with E-state index in [1.807, 2.05) is 0 Å². The molecule has 28 heavy (non-hydrogen) atoms. The van der Waals surface area contributed by atoms with Crippen molar-refractivity contribution >= 4 is 28.7 Å². The number of anilines is 1. The molecule has 0 atom stereocenters. The number of cyclic esters (lactones) is 2. The average molecular weight is 382 g/mol. The minimum absolute atomic E-state index is 0.241. The van der Waals surface area contributed by atoms with Crippen LogP contribution in [-0.2, 0) is 19.1 Å². The van der Waals surface area contributed by atoms with Crippen molar-refractivity contribution in [1.29, 1.82) is 0 Å². The fraction of sp³-hybridized carbons (Fsp3) is 0.158. The summed E-state index contributed by atoms with van der Waals surface area (Å²) in [5.41, 5.74) is 2.15. The molecule has 2 aromatic carbocycles. The summed E-state index contributed by atoms with van der Waals surface area (Å²) in [6.45, 7) is 2.96. The Balaban J connectivity index is 1.57. The first-order chi connectivity index (χ1) is 13.3. The zero-order valence-electron chi connectivity index (χ0n) is 15.0. The van der Waals surface area contributed by atoms with Crippen molar-refractivity contribution < 1.29 is 23.5 Å². The lowest BCUT2D eigenvalue weighted by Crippen LogP contribution is -2.42. The Morgan fingerprint density at radius 3 is 2.32 bits per heavy atom. The van der Waals surface area contributed by atoms with Crippen LogP contribution < -0.4 is 5.32 Å². The molecule has 3 aromatic rings. The first kappa shape index (κ1) is 17.7. The van der Waals surface area contributed by atoms with Gasteiger partial charge in [0.05, 0.1) is 5.69 Å². The highest BCUT2D eigenvalue weighted by atomic mass is 19.1. The number of hydrogen-bond acceptors (Lipinski definition) is 7. The molecule has 1 aliphatic rings. The van der Waals surface area contributed by atoms with Crippen molar-refractivity contribution in [3.8, 4) is 5.69 Å². The maximum Gasteiger partial charge on any atom is 0.350 e. The van der Waals surface area contributed by atoms with E-state index < -0.39 is 17.7 Å². The topological polar surface area (TPSA) is 95.3 Å². The smallest absolute Gasteiger partial charge is 0.350 e. The van der Waals surface area contributed by atoms with E-state index in [0.717, 1.165) is 0 Å². The predicted octanol–water partition coefficient (Wildman–Crippen LogP) is 2.69. The van der Waals surface area contributed by atoms with Crippen LogP contribution in [0.3, 0.4) is 0 Å². The minimum atomic E-state index is -1.29. The van der Waals surface area contributed by atoms with Gasteiger partial charge in [-0.25, -0.2) is 14.0 Å². The van der Waals surface area contributed by atoms with E-state index >= 15 is 0 Å². The second-order valence-electron chi connectivity index (χ2n) is 6.55. The second kappa shape index (κ2) is 6.45. The van der Waals surface area contributed by atoms with Gasteiger partial charge in [-0.15, -0.1) is 10.2 Å². The van der Waals surface area contributed by atoms with Gasteiger partial charge in [0, 0.05) is 25.7 Å². The summed E-state index contributed by atoms with van der Waals surface area (Å²) in [4.78, 5) is 25.3. The van der Waals surface area contributed by atoms with Crippen LogP contribution in [0, 0.1) is 5.82 Å². The Morgan fingerprint density at radius 2 is 1.64 bits per heavy atom. The van der Waals surface area contributed by atoms with E-state index in [1.165, 1.54) is 37.0 Å².